The van der Waals surface area contributed by atoms with E-state index in [1.165, 1.54) is 29.2 Å². The number of benzene rings is 2. The molecule has 0 N–H and O–H groups in total. The molecule has 0 spiro atoms. The number of allylic oxidation sites excluding steroid dienone is 1. The number of piperidine rings is 1. The molecule has 2 aromatic rings. The largest absolute Gasteiger partial charge is 0.496 e. The van der Waals surface area contributed by atoms with Gasteiger partial charge in [-0.05, 0) is 60.7 Å². The van der Waals surface area contributed by atoms with Gasteiger partial charge in [0.1, 0.15) is 15.3 Å². The van der Waals surface area contributed by atoms with E-state index in [4.69, 9.17) is 17.0 Å². The van der Waals surface area contributed by atoms with Crippen LogP contribution in [0.5, 0.6) is 5.75 Å². The zero-order chi connectivity index (χ0) is 25.8. The van der Waals surface area contributed by atoms with Gasteiger partial charge >= 0.3 is 0 Å². The number of amides is 2. The number of carbonyl (C=O) groups excluding carboxylic acids is 3. The summed E-state index contributed by atoms with van der Waals surface area (Å²) in [6.07, 6.45) is 4.48. The molecule has 4 rings (SSSR count). The number of methoxy groups -OCH3 is 1. The van der Waals surface area contributed by atoms with E-state index in [0.29, 0.717) is 33.2 Å². The van der Waals surface area contributed by atoms with Crippen molar-refractivity contribution in [2.45, 2.75) is 31.9 Å². The van der Waals surface area contributed by atoms with Gasteiger partial charge in [-0.25, -0.2) is 4.90 Å². The molecule has 36 heavy (non-hydrogen) atoms. The van der Waals surface area contributed by atoms with E-state index >= 15 is 0 Å². The molecule has 0 saturated carbocycles. The van der Waals surface area contributed by atoms with Crippen molar-refractivity contribution >= 4 is 57.7 Å². The van der Waals surface area contributed by atoms with Crippen LogP contribution in [0.4, 0.5) is 5.69 Å². The minimum atomic E-state index is -0.525. The van der Waals surface area contributed by atoms with Gasteiger partial charge in [-0.2, -0.15) is 0 Å². The zero-order valence-electron chi connectivity index (χ0n) is 20.7. The maximum absolute atomic E-state index is 13.1. The third-order valence-electron chi connectivity index (χ3n) is 6.44. The van der Waals surface area contributed by atoms with Crippen molar-refractivity contribution in [3.05, 3.63) is 65.7 Å². The molecule has 0 aliphatic carbocycles. The highest BCUT2D eigenvalue weighted by Crippen LogP contribution is 2.33. The van der Waals surface area contributed by atoms with Gasteiger partial charge in [-0.15, -0.1) is 0 Å². The second-order valence-corrected chi connectivity index (χ2v) is 11.3. The Balaban J connectivity index is 1.40. The number of nitrogens with zero attached hydrogens (tertiary/aromatic N) is 2. The monoisotopic (exact) mass is 522 g/mol. The topological polar surface area (TPSA) is 66.9 Å². The van der Waals surface area contributed by atoms with Crippen molar-refractivity contribution in [2.75, 3.05) is 25.1 Å². The smallest absolute Gasteiger partial charge is 0.247 e. The van der Waals surface area contributed by atoms with Gasteiger partial charge in [0.15, 0.2) is 5.78 Å². The summed E-state index contributed by atoms with van der Waals surface area (Å²) in [4.78, 5) is 41.9. The first-order valence-corrected chi connectivity index (χ1v) is 13.3. The number of rotatable bonds is 6. The molecule has 0 unspecified atom stereocenters. The summed E-state index contributed by atoms with van der Waals surface area (Å²) in [7, 11) is 1.58. The summed E-state index contributed by atoms with van der Waals surface area (Å²) >= 11 is 6.96. The molecule has 2 heterocycles. The number of para-hydroxylation sites is 1. The van der Waals surface area contributed by atoms with Crippen LogP contribution in [0.25, 0.3) is 6.08 Å². The van der Waals surface area contributed by atoms with Crippen LogP contribution < -0.4 is 9.64 Å². The van der Waals surface area contributed by atoms with E-state index in [2.05, 4.69) is 18.7 Å². The number of anilines is 1. The Bertz CT molecular complexity index is 1180. The number of ether oxygens (including phenoxy) is 1. The second kappa shape index (κ2) is 11.4. The van der Waals surface area contributed by atoms with Crippen LogP contribution in [0.3, 0.4) is 0 Å². The van der Waals surface area contributed by atoms with Crippen LogP contribution in [0.15, 0.2) is 54.6 Å². The minimum absolute atomic E-state index is 0.116. The third kappa shape index (κ3) is 5.87. The maximum Gasteiger partial charge on any atom is 0.247 e. The summed E-state index contributed by atoms with van der Waals surface area (Å²) in [5.74, 6) is 1.08. The Hall–Kier alpha value is -2.97. The Kier molecular flexibility index (Phi) is 8.26. The van der Waals surface area contributed by atoms with Gasteiger partial charge in [0.2, 0.25) is 11.8 Å². The van der Waals surface area contributed by atoms with Crippen molar-refractivity contribution in [3.63, 3.8) is 0 Å². The van der Waals surface area contributed by atoms with Crippen LogP contribution >= 0.6 is 24.0 Å². The second-order valence-electron chi connectivity index (χ2n) is 9.48. The number of likely N-dealkylation sites (tertiary alicyclic amines) is 1. The maximum atomic E-state index is 13.1. The van der Waals surface area contributed by atoms with E-state index < -0.39 is 5.25 Å². The standard InChI is InChI=1S/C28H30N2O4S2/c1-18-14-19(2)17-29(16-18)28(35)36-25-15-26(32)30(27(25)33)22-11-8-20(9-12-22)23(31)13-10-21-6-4-5-7-24(21)34-3/h4-13,18-19,25H,14-17H2,1-3H3/b13-10+/t18-,19-,25-/m1/s1. The highest BCUT2D eigenvalue weighted by molar-refractivity contribution is 8.23. The fourth-order valence-electron chi connectivity index (χ4n) is 4.82. The van der Waals surface area contributed by atoms with Gasteiger partial charge < -0.3 is 9.64 Å². The summed E-state index contributed by atoms with van der Waals surface area (Å²) < 4.78 is 5.99. The summed E-state index contributed by atoms with van der Waals surface area (Å²) in [6, 6.07) is 14.0. The van der Waals surface area contributed by atoms with E-state index in [1.54, 1.807) is 37.5 Å². The fraction of sp³-hybridized carbons (Fsp3) is 0.357. The number of carbonyl (C=O) groups is 3. The average Bonchev–Trinajstić information content (AvgIpc) is 3.14. The molecular formula is C28H30N2O4S2. The first-order chi connectivity index (χ1) is 17.3. The summed E-state index contributed by atoms with van der Waals surface area (Å²) in [5, 5.41) is -0.525. The van der Waals surface area contributed by atoms with Crippen molar-refractivity contribution in [1.29, 1.82) is 0 Å². The van der Waals surface area contributed by atoms with E-state index in [1.807, 2.05) is 24.3 Å². The number of imide groups is 1. The molecule has 2 aliphatic rings. The molecule has 2 aromatic carbocycles. The zero-order valence-corrected chi connectivity index (χ0v) is 22.3. The third-order valence-corrected chi connectivity index (χ3v) is 8.10. The predicted octanol–water partition coefficient (Wildman–Crippen LogP) is 5.22. The van der Waals surface area contributed by atoms with Gasteiger partial charge in [-0.3, -0.25) is 14.4 Å². The Morgan fingerprint density at radius 1 is 1.06 bits per heavy atom. The average molecular weight is 523 g/mol. The van der Waals surface area contributed by atoms with Gasteiger partial charge in [0.05, 0.1) is 12.8 Å². The van der Waals surface area contributed by atoms with E-state index in [0.717, 1.165) is 18.7 Å². The highest BCUT2D eigenvalue weighted by Gasteiger charge is 2.41. The number of ketones is 1. The van der Waals surface area contributed by atoms with Crippen LogP contribution in [-0.4, -0.2) is 52.3 Å². The number of thiocarbonyl (C=S) groups is 1. The molecule has 0 aromatic heterocycles. The van der Waals surface area contributed by atoms with Crippen LogP contribution in [0.2, 0.25) is 0 Å². The predicted molar refractivity (Wildman–Crippen MR) is 148 cm³/mol. The number of hydrogen-bond acceptors (Lipinski definition) is 6. The van der Waals surface area contributed by atoms with Crippen molar-refractivity contribution in [1.82, 2.24) is 4.90 Å². The molecule has 8 heteroatoms. The lowest BCUT2D eigenvalue weighted by Crippen LogP contribution is -2.41. The molecule has 188 valence electrons. The Labute approximate surface area is 221 Å². The lowest BCUT2D eigenvalue weighted by molar-refractivity contribution is -0.121. The van der Waals surface area contributed by atoms with Crippen LogP contribution in [0, 0.1) is 11.8 Å². The van der Waals surface area contributed by atoms with Crippen LogP contribution in [0.1, 0.15) is 42.6 Å². The lowest BCUT2D eigenvalue weighted by atomic mass is 9.92. The van der Waals surface area contributed by atoms with Crippen LogP contribution in [-0.2, 0) is 9.59 Å². The van der Waals surface area contributed by atoms with Gasteiger partial charge in [-0.1, -0.05) is 56.0 Å². The Morgan fingerprint density at radius 2 is 1.72 bits per heavy atom. The minimum Gasteiger partial charge on any atom is -0.496 e. The summed E-state index contributed by atoms with van der Waals surface area (Å²) in [6.45, 7) is 6.20. The normalized spacial score (nSPS) is 22.4. The molecular weight excluding hydrogens is 492 g/mol. The molecule has 0 radical (unpaired) electrons. The van der Waals surface area contributed by atoms with E-state index in [-0.39, 0.29) is 24.0 Å². The molecule has 6 nitrogen and oxygen atoms in total. The molecule has 2 aliphatic heterocycles. The highest BCUT2D eigenvalue weighted by atomic mass is 32.2. The van der Waals surface area contributed by atoms with Crippen molar-refractivity contribution < 1.29 is 19.1 Å². The molecule has 2 saturated heterocycles. The molecule has 2 fully saturated rings. The first kappa shape index (κ1) is 26.1. The molecule has 0 bridgehead atoms. The Morgan fingerprint density at radius 3 is 2.39 bits per heavy atom. The summed E-state index contributed by atoms with van der Waals surface area (Å²) in [5.41, 5.74) is 1.72. The quantitative estimate of drug-likeness (QED) is 0.223. The van der Waals surface area contributed by atoms with Gasteiger partial charge in [0.25, 0.3) is 0 Å². The van der Waals surface area contributed by atoms with E-state index in [9.17, 15) is 14.4 Å². The fourth-order valence-corrected chi connectivity index (χ4v) is 6.29. The first-order valence-electron chi connectivity index (χ1n) is 12.0. The molecule has 2 amide bonds. The number of hydrogen-bond donors (Lipinski definition) is 0. The lowest BCUT2D eigenvalue weighted by Gasteiger charge is -2.36. The van der Waals surface area contributed by atoms with Crippen molar-refractivity contribution in [2.24, 2.45) is 11.8 Å². The van der Waals surface area contributed by atoms with Gasteiger partial charge in [0, 0.05) is 30.6 Å². The SMILES string of the molecule is COc1ccccc1/C=C/C(=O)c1ccc(N2C(=O)C[C@@H](SC(=S)N3C[C@H](C)C[C@@H](C)C3)C2=O)cc1. The number of thioether (sulfide) groups is 1. The van der Waals surface area contributed by atoms with Crippen molar-refractivity contribution in [3.8, 4) is 5.75 Å². The molecule has 3 atom stereocenters.